The second-order valence-corrected chi connectivity index (χ2v) is 6.55. The fraction of sp³-hybridized carbons (Fsp3) is 0.500. The Bertz CT molecular complexity index is 660. The minimum atomic E-state index is -0.815. The van der Waals surface area contributed by atoms with Crippen LogP contribution in [0.4, 0.5) is 0 Å². The van der Waals surface area contributed by atoms with Gasteiger partial charge in [0.1, 0.15) is 0 Å². The van der Waals surface area contributed by atoms with Crippen molar-refractivity contribution in [2.75, 3.05) is 5.75 Å². The molecular weight excluding hydrogens is 284 g/mol. The number of rotatable bonds is 6. The van der Waals surface area contributed by atoms with Gasteiger partial charge in [0.15, 0.2) is 5.16 Å². The molecule has 0 spiro atoms. The second-order valence-electron chi connectivity index (χ2n) is 5.61. The Morgan fingerprint density at radius 2 is 2.05 bits per heavy atom. The molecule has 0 aliphatic heterocycles. The molecule has 5 heteroatoms. The Morgan fingerprint density at radius 1 is 1.38 bits per heavy atom. The van der Waals surface area contributed by atoms with Crippen LogP contribution in [0, 0.1) is 6.92 Å². The summed E-state index contributed by atoms with van der Waals surface area (Å²) >= 11 is 1.30. The molecule has 2 rings (SSSR count). The van der Waals surface area contributed by atoms with Gasteiger partial charge >= 0.3 is 5.97 Å². The maximum absolute atomic E-state index is 10.9. The molecule has 0 saturated carbocycles. The molecule has 1 heterocycles. The SMILES string of the molecule is CCC(C)(CC)n1c(SCC(=O)O)nc2ccc(C)cc21. The van der Waals surface area contributed by atoms with E-state index >= 15 is 0 Å². The number of nitrogens with zero attached hydrogens (tertiary/aromatic N) is 2. The van der Waals surface area contributed by atoms with E-state index in [0.29, 0.717) is 0 Å². The monoisotopic (exact) mass is 306 g/mol. The zero-order valence-electron chi connectivity index (χ0n) is 13.0. The fourth-order valence-corrected chi connectivity index (χ4v) is 3.34. The van der Waals surface area contributed by atoms with Gasteiger partial charge in [-0.2, -0.15) is 0 Å². The second kappa shape index (κ2) is 6.10. The molecule has 0 bridgehead atoms. The zero-order chi connectivity index (χ0) is 15.6. The standard InChI is InChI=1S/C16H22N2O2S/c1-5-16(4,6-2)18-13-9-11(3)7-8-12(13)17-15(18)21-10-14(19)20/h7-9H,5-6,10H2,1-4H3,(H,19,20). The van der Waals surface area contributed by atoms with Crippen LogP contribution in [-0.2, 0) is 10.3 Å². The average Bonchev–Trinajstić information content (AvgIpc) is 2.82. The number of benzene rings is 1. The van der Waals surface area contributed by atoms with Gasteiger partial charge in [0, 0.05) is 5.54 Å². The quantitative estimate of drug-likeness (QED) is 0.818. The third-order valence-corrected chi connectivity index (χ3v) is 5.09. The van der Waals surface area contributed by atoms with Gasteiger partial charge in [0.25, 0.3) is 0 Å². The summed E-state index contributed by atoms with van der Waals surface area (Å²) in [6, 6.07) is 6.19. The minimum absolute atomic E-state index is 0.0335. The number of aromatic nitrogens is 2. The molecule has 1 aromatic heterocycles. The lowest BCUT2D eigenvalue weighted by atomic mass is 9.95. The predicted octanol–water partition coefficient (Wildman–Crippen LogP) is 4.06. The highest BCUT2D eigenvalue weighted by atomic mass is 32.2. The Hall–Kier alpha value is -1.49. The van der Waals surface area contributed by atoms with Crippen molar-refractivity contribution in [2.45, 2.75) is 51.2 Å². The predicted molar refractivity (Wildman–Crippen MR) is 87.1 cm³/mol. The highest BCUT2D eigenvalue weighted by molar-refractivity contribution is 7.99. The first kappa shape index (κ1) is 15.9. The van der Waals surface area contributed by atoms with Gasteiger partial charge in [0.05, 0.1) is 16.8 Å². The molecule has 2 aromatic rings. The van der Waals surface area contributed by atoms with Crippen LogP contribution in [0.25, 0.3) is 11.0 Å². The van der Waals surface area contributed by atoms with Crippen molar-refractivity contribution in [1.82, 2.24) is 9.55 Å². The van der Waals surface area contributed by atoms with Crippen LogP contribution in [0.3, 0.4) is 0 Å². The number of aliphatic carboxylic acids is 1. The van der Waals surface area contributed by atoms with Gasteiger partial charge in [0.2, 0.25) is 0 Å². The first-order valence-corrected chi connectivity index (χ1v) is 8.24. The molecule has 21 heavy (non-hydrogen) atoms. The molecule has 0 unspecified atom stereocenters. The van der Waals surface area contributed by atoms with E-state index in [4.69, 9.17) is 5.11 Å². The van der Waals surface area contributed by atoms with Crippen molar-refractivity contribution >= 4 is 28.8 Å². The third kappa shape index (κ3) is 3.07. The van der Waals surface area contributed by atoms with E-state index in [9.17, 15) is 4.79 Å². The van der Waals surface area contributed by atoms with Gasteiger partial charge in [-0.05, 0) is 44.4 Å². The number of aryl methyl sites for hydroxylation is 1. The van der Waals surface area contributed by atoms with E-state index in [1.807, 2.05) is 12.1 Å². The van der Waals surface area contributed by atoms with Crippen LogP contribution in [0.1, 0.15) is 39.2 Å². The number of hydrogen-bond acceptors (Lipinski definition) is 3. The molecule has 0 aliphatic rings. The highest BCUT2D eigenvalue weighted by Crippen LogP contribution is 2.35. The molecule has 0 aliphatic carbocycles. The molecule has 0 saturated heterocycles. The summed E-state index contributed by atoms with van der Waals surface area (Å²) in [7, 11) is 0. The number of fused-ring (bicyclic) bond motifs is 1. The van der Waals surface area contributed by atoms with E-state index in [-0.39, 0.29) is 11.3 Å². The van der Waals surface area contributed by atoms with Gasteiger partial charge in [-0.25, -0.2) is 4.98 Å². The lowest BCUT2D eigenvalue weighted by Gasteiger charge is -2.31. The zero-order valence-corrected chi connectivity index (χ0v) is 13.8. The molecular formula is C16H22N2O2S. The van der Waals surface area contributed by atoms with Crippen molar-refractivity contribution in [3.05, 3.63) is 23.8 Å². The Kier molecular flexibility index (Phi) is 4.61. The van der Waals surface area contributed by atoms with E-state index in [1.165, 1.54) is 17.3 Å². The molecule has 0 fully saturated rings. The number of hydrogen-bond donors (Lipinski definition) is 1. The summed E-state index contributed by atoms with van der Waals surface area (Å²) in [5.74, 6) is -0.782. The molecule has 0 atom stereocenters. The van der Waals surface area contributed by atoms with E-state index < -0.39 is 5.97 Å². The van der Waals surface area contributed by atoms with Gasteiger partial charge in [-0.15, -0.1) is 0 Å². The number of carboxylic acid groups (broad SMARTS) is 1. The number of carboxylic acids is 1. The van der Waals surface area contributed by atoms with Crippen molar-refractivity contribution in [3.8, 4) is 0 Å². The van der Waals surface area contributed by atoms with Crippen LogP contribution in [0.15, 0.2) is 23.4 Å². The summed E-state index contributed by atoms with van der Waals surface area (Å²) in [5.41, 5.74) is 3.16. The molecule has 1 N–H and O–H groups in total. The molecule has 114 valence electrons. The van der Waals surface area contributed by atoms with E-state index in [1.54, 1.807) is 0 Å². The van der Waals surface area contributed by atoms with E-state index in [2.05, 4.69) is 43.3 Å². The first-order chi connectivity index (χ1) is 9.91. The summed E-state index contributed by atoms with van der Waals surface area (Å²) in [6.45, 7) is 8.60. The van der Waals surface area contributed by atoms with Crippen LogP contribution < -0.4 is 0 Å². The van der Waals surface area contributed by atoms with Gasteiger partial charge in [-0.3, -0.25) is 4.79 Å². The number of thioether (sulfide) groups is 1. The highest BCUT2D eigenvalue weighted by Gasteiger charge is 2.28. The minimum Gasteiger partial charge on any atom is -0.481 e. The topological polar surface area (TPSA) is 55.1 Å². The van der Waals surface area contributed by atoms with Gasteiger partial charge < -0.3 is 9.67 Å². The average molecular weight is 306 g/mol. The van der Waals surface area contributed by atoms with E-state index in [0.717, 1.165) is 29.0 Å². The number of imidazole rings is 1. The molecule has 4 nitrogen and oxygen atoms in total. The van der Waals surface area contributed by atoms with Crippen molar-refractivity contribution in [2.24, 2.45) is 0 Å². The van der Waals surface area contributed by atoms with Crippen molar-refractivity contribution < 1.29 is 9.90 Å². The third-order valence-electron chi connectivity index (χ3n) is 4.17. The first-order valence-electron chi connectivity index (χ1n) is 7.25. The van der Waals surface area contributed by atoms with Crippen LogP contribution >= 0.6 is 11.8 Å². The summed E-state index contributed by atoms with van der Waals surface area (Å²) in [6.07, 6.45) is 1.95. The summed E-state index contributed by atoms with van der Waals surface area (Å²) < 4.78 is 2.23. The lowest BCUT2D eigenvalue weighted by molar-refractivity contribution is -0.133. The largest absolute Gasteiger partial charge is 0.481 e. The van der Waals surface area contributed by atoms with Crippen LogP contribution in [0.2, 0.25) is 0 Å². The maximum atomic E-state index is 10.9. The summed E-state index contributed by atoms with van der Waals surface area (Å²) in [4.78, 5) is 15.5. The van der Waals surface area contributed by atoms with Crippen LogP contribution in [-0.4, -0.2) is 26.4 Å². The number of carbonyl (C=O) groups is 1. The fourth-order valence-electron chi connectivity index (χ4n) is 2.47. The Labute approximate surface area is 129 Å². The smallest absolute Gasteiger partial charge is 0.313 e. The molecule has 1 aromatic carbocycles. The Morgan fingerprint density at radius 3 is 2.62 bits per heavy atom. The molecule has 0 radical (unpaired) electrons. The van der Waals surface area contributed by atoms with Gasteiger partial charge in [-0.1, -0.05) is 31.7 Å². The van der Waals surface area contributed by atoms with Crippen LogP contribution in [0.5, 0.6) is 0 Å². The Balaban J connectivity index is 2.63. The van der Waals surface area contributed by atoms with Crippen molar-refractivity contribution in [1.29, 1.82) is 0 Å². The normalized spacial score (nSPS) is 12.0. The summed E-state index contributed by atoms with van der Waals surface area (Å²) in [5, 5.41) is 9.74. The molecule has 0 amide bonds. The lowest BCUT2D eigenvalue weighted by Crippen LogP contribution is -2.29. The maximum Gasteiger partial charge on any atom is 0.313 e. The van der Waals surface area contributed by atoms with Crippen molar-refractivity contribution in [3.63, 3.8) is 0 Å².